The Morgan fingerprint density at radius 2 is 1.65 bits per heavy atom. The van der Waals surface area contributed by atoms with E-state index < -0.39 is 0 Å². The van der Waals surface area contributed by atoms with Crippen molar-refractivity contribution in [3.8, 4) is 22.5 Å². The number of carbonyl (C=O) groups is 1. The molecular formula is C32H41ClN2O5. The molecule has 2 aromatic rings. The van der Waals surface area contributed by atoms with Crippen molar-refractivity contribution in [3.63, 3.8) is 0 Å². The van der Waals surface area contributed by atoms with Crippen molar-refractivity contribution in [2.24, 2.45) is 4.99 Å². The van der Waals surface area contributed by atoms with E-state index in [-0.39, 0.29) is 31.6 Å². The third-order valence-corrected chi connectivity index (χ3v) is 6.34. The number of fused-ring (bicyclic) bond motifs is 2. The summed E-state index contributed by atoms with van der Waals surface area (Å²) in [5.41, 5.74) is 7.25. The van der Waals surface area contributed by atoms with Gasteiger partial charge in [0, 0.05) is 60.6 Å². The molecule has 0 unspecified atom stereocenters. The van der Waals surface area contributed by atoms with E-state index in [0.717, 1.165) is 75.0 Å². The van der Waals surface area contributed by atoms with Crippen LogP contribution in [0.3, 0.4) is 0 Å². The number of aliphatic hydroxyl groups is 2. The molecule has 0 atom stereocenters. The van der Waals surface area contributed by atoms with Crippen molar-refractivity contribution >= 4 is 35.0 Å². The first-order valence-corrected chi connectivity index (χ1v) is 13.6. The van der Waals surface area contributed by atoms with E-state index in [1.54, 1.807) is 0 Å². The lowest BCUT2D eigenvalue weighted by Gasteiger charge is -2.19. The molecular weight excluding hydrogens is 528 g/mol. The third kappa shape index (κ3) is 7.62. The minimum Gasteiger partial charge on any atom is -0.462 e. The number of nitrogens with zero attached hydrogens (tertiary/aromatic N) is 1. The summed E-state index contributed by atoms with van der Waals surface area (Å²) in [6.07, 6.45) is 1.44. The van der Waals surface area contributed by atoms with Crippen LogP contribution in [0.25, 0.3) is 33.4 Å². The van der Waals surface area contributed by atoms with Crippen molar-refractivity contribution in [3.05, 3.63) is 70.6 Å². The summed E-state index contributed by atoms with van der Waals surface area (Å²) < 4.78 is 11.8. The number of aliphatic hydroxyl groups excluding tert-OH is 2. The molecule has 0 fully saturated rings. The van der Waals surface area contributed by atoms with Crippen LogP contribution in [0.5, 0.6) is 0 Å². The molecule has 1 aliphatic heterocycles. The van der Waals surface area contributed by atoms with Crippen LogP contribution >= 0.6 is 12.4 Å². The maximum absolute atomic E-state index is 12.9. The van der Waals surface area contributed by atoms with Crippen molar-refractivity contribution < 1.29 is 24.2 Å². The zero-order valence-electron chi connectivity index (χ0n) is 24.0. The second-order valence-corrected chi connectivity index (χ2v) is 9.20. The van der Waals surface area contributed by atoms with Gasteiger partial charge in [0.1, 0.15) is 11.3 Å². The Hall–Kier alpha value is -3.39. The van der Waals surface area contributed by atoms with E-state index in [1.165, 1.54) is 0 Å². The molecule has 0 bridgehead atoms. The summed E-state index contributed by atoms with van der Waals surface area (Å²) in [6, 6.07) is 15.9. The molecule has 0 saturated carbocycles. The van der Waals surface area contributed by atoms with Gasteiger partial charge >= 0.3 is 5.97 Å². The minimum atomic E-state index is -0.328. The molecule has 0 saturated heterocycles. The predicted octanol–water partition coefficient (Wildman–Crippen LogP) is 6.52. The van der Waals surface area contributed by atoms with E-state index in [2.05, 4.69) is 43.2 Å². The van der Waals surface area contributed by atoms with Gasteiger partial charge in [0.05, 0.1) is 17.5 Å². The molecule has 8 heteroatoms. The van der Waals surface area contributed by atoms with Crippen LogP contribution in [0, 0.1) is 13.8 Å². The molecule has 4 rings (SSSR count). The monoisotopic (exact) mass is 568 g/mol. The van der Waals surface area contributed by atoms with Crippen LogP contribution in [0.4, 0.5) is 5.69 Å². The van der Waals surface area contributed by atoms with Gasteiger partial charge < -0.3 is 24.7 Å². The number of halogens is 1. The molecule has 0 radical (unpaired) electrons. The number of hydrogen-bond donors (Lipinski definition) is 3. The number of nitrogens with one attached hydrogen (secondary N) is 1. The van der Waals surface area contributed by atoms with Crippen LogP contribution in [-0.2, 0) is 4.74 Å². The maximum atomic E-state index is 12.9. The van der Waals surface area contributed by atoms with Crippen molar-refractivity contribution in [1.29, 1.82) is 0 Å². The van der Waals surface area contributed by atoms with Crippen LogP contribution in [0.1, 0.15) is 55.1 Å². The smallest absolute Gasteiger partial charge is 0.338 e. The molecule has 1 heterocycles. The molecule has 0 spiro atoms. The van der Waals surface area contributed by atoms with Gasteiger partial charge in [-0.1, -0.05) is 18.2 Å². The Balaban J connectivity index is 0.000000723. The second-order valence-electron chi connectivity index (χ2n) is 9.20. The number of unbranched alkanes of at least 4 members (excludes halogenated alkanes) is 1. The fourth-order valence-electron chi connectivity index (χ4n) is 4.51. The first-order valence-electron chi connectivity index (χ1n) is 13.6. The zero-order chi connectivity index (χ0) is 28.4. The Kier molecular flexibility index (Phi) is 13.1. The molecule has 0 amide bonds. The lowest BCUT2D eigenvalue weighted by Crippen LogP contribution is -2.10. The molecule has 0 aromatic heterocycles. The summed E-state index contributed by atoms with van der Waals surface area (Å²) in [5.74, 6) is 0.408. The van der Waals surface area contributed by atoms with Gasteiger partial charge in [0.2, 0.25) is 0 Å². The lowest BCUT2D eigenvalue weighted by molar-refractivity contribution is 0.0527. The third-order valence-electron chi connectivity index (χ3n) is 6.34. The van der Waals surface area contributed by atoms with Gasteiger partial charge in [-0.2, -0.15) is 0 Å². The number of ether oxygens (including phenoxy) is 1. The second kappa shape index (κ2) is 16.0. The summed E-state index contributed by atoms with van der Waals surface area (Å²) in [6.45, 7) is 12.3. The van der Waals surface area contributed by atoms with Crippen molar-refractivity contribution in [1.82, 2.24) is 0 Å². The first-order chi connectivity index (χ1) is 18.9. The van der Waals surface area contributed by atoms with E-state index in [1.807, 2.05) is 50.2 Å². The standard InChI is InChI=1S/C28H30N2O3.C4H10O2.ClH/c1-6-29-23-15-25-21(13-17(23)4)27(19-11-9-10-12-20(19)28(31)32-8-3)22-14-18(5)24(30-7-2)16-26(22)33-25;5-3-1-2-4-6;/h9-16,29H,6-8H2,1-5H3;5-6H,1-4H2;1H/b30-24-;;. The quantitative estimate of drug-likeness (QED) is 0.121. The topological polar surface area (TPSA) is 104 Å². The highest BCUT2D eigenvalue weighted by atomic mass is 35.5. The minimum absolute atomic E-state index is 0. The van der Waals surface area contributed by atoms with Crippen molar-refractivity contribution in [2.45, 2.75) is 47.5 Å². The molecule has 2 aromatic carbocycles. The fraction of sp³-hybridized carbons (Fsp3) is 0.375. The molecule has 3 N–H and O–H groups in total. The van der Waals surface area contributed by atoms with Gasteiger partial charge in [0.15, 0.2) is 0 Å². The van der Waals surface area contributed by atoms with Crippen LogP contribution in [0.15, 0.2) is 57.9 Å². The Bertz CT molecular complexity index is 1440. The average molecular weight is 569 g/mol. The van der Waals surface area contributed by atoms with Crippen LogP contribution in [-0.4, -0.2) is 49.1 Å². The largest absolute Gasteiger partial charge is 0.462 e. The van der Waals surface area contributed by atoms with E-state index in [4.69, 9.17) is 19.4 Å². The number of hydrogen-bond acceptors (Lipinski definition) is 7. The maximum Gasteiger partial charge on any atom is 0.338 e. The van der Waals surface area contributed by atoms with Gasteiger partial charge in [-0.3, -0.25) is 4.99 Å². The molecule has 40 heavy (non-hydrogen) atoms. The highest BCUT2D eigenvalue weighted by molar-refractivity contribution is 6.08. The lowest BCUT2D eigenvalue weighted by atomic mass is 9.89. The highest BCUT2D eigenvalue weighted by Gasteiger charge is 2.23. The number of anilines is 1. The first kappa shape index (κ1) is 32.8. The zero-order valence-corrected chi connectivity index (χ0v) is 24.9. The van der Waals surface area contributed by atoms with E-state index in [0.29, 0.717) is 18.7 Å². The van der Waals surface area contributed by atoms with Crippen LogP contribution in [0.2, 0.25) is 0 Å². The number of esters is 1. The SMILES string of the molecule is CC/N=c1/cc2oc3cc(NCC)c(C)cc3c(-c3ccccc3C(=O)OCC)c-2cc1C.Cl.OCCCCO. The average Bonchev–Trinajstić information content (AvgIpc) is 2.93. The fourth-order valence-corrected chi connectivity index (χ4v) is 4.51. The normalized spacial score (nSPS) is 11.1. The molecule has 2 aliphatic rings. The summed E-state index contributed by atoms with van der Waals surface area (Å²) in [4.78, 5) is 17.5. The summed E-state index contributed by atoms with van der Waals surface area (Å²) in [7, 11) is 0. The van der Waals surface area contributed by atoms with Gasteiger partial charge in [0.25, 0.3) is 0 Å². The van der Waals surface area contributed by atoms with E-state index in [9.17, 15) is 4.79 Å². The highest BCUT2D eigenvalue weighted by Crippen LogP contribution is 2.43. The Morgan fingerprint density at radius 3 is 2.27 bits per heavy atom. The number of benzene rings is 3. The number of rotatable bonds is 9. The van der Waals surface area contributed by atoms with E-state index >= 15 is 0 Å². The Morgan fingerprint density at radius 1 is 0.950 bits per heavy atom. The number of aryl methyl sites for hydroxylation is 2. The van der Waals surface area contributed by atoms with Gasteiger partial charge in [-0.15, -0.1) is 12.4 Å². The molecule has 1 aliphatic carbocycles. The van der Waals surface area contributed by atoms with Crippen molar-refractivity contribution in [2.75, 3.05) is 38.2 Å². The van der Waals surface area contributed by atoms with Gasteiger partial charge in [-0.25, -0.2) is 4.79 Å². The molecule has 7 nitrogen and oxygen atoms in total. The number of carbonyl (C=O) groups excluding carboxylic acids is 1. The van der Waals surface area contributed by atoms with Gasteiger partial charge in [-0.05, 0) is 82.3 Å². The summed E-state index contributed by atoms with van der Waals surface area (Å²) in [5, 5.41) is 21.5. The predicted molar refractivity (Wildman–Crippen MR) is 165 cm³/mol. The molecule has 216 valence electrons. The Labute approximate surface area is 242 Å². The summed E-state index contributed by atoms with van der Waals surface area (Å²) >= 11 is 0. The van der Waals surface area contributed by atoms with Crippen LogP contribution < -0.4 is 10.7 Å².